The van der Waals surface area contributed by atoms with Crippen molar-refractivity contribution in [3.05, 3.63) is 42.6 Å². The Morgan fingerprint density at radius 3 is 2.75 bits per heavy atom. The molecule has 0 spiro atoms. The van der Waals surface area contributed by atoms with E-state index in [2.05, 4.69) is 9.97 Å². The van der Waals surface area contributed by atoms with E-state index >= 15 is 0 Å². The summed E-state index contributed by atoms with van der Waals surface area (Å²) < 4.78 is 5.58. The summed E-state index contributed by atoms with van der Waals surface area (Å²) in [6.45, 7) is 0. The molecular formula is C12H9N3O. The van der Waals surface area contributed by atoms with Crippen molar-refractivity contribution in [2.45, 2.75) is 0 Å². The fourth-order valence-electron chi connectivity index (χ4n) is 1.58. The molecular weight excluding hydrogens is 202 g/mol. The van der Waals surface area contributed by atoms with Crippen LogP contribution in [0.25, 0.3) is 22.7 Å². The van der Waals surface area contributed by atoms with Crippen LogP contribution in [0.15, 0.2) is 47.0 Å². The van der Waals surface area contributed by atoms with Crippen LogP contribution in [0.4, 0.5) is 5.69 Å². The van der Waals surface area contributed by atoms with Crippen LogP contribution in [-0.2, 0) is 0 Å². The lowest BCUT2D eigenvalue weighted by molar-refractivity contribution is 0.620. The molecule has 2 heterocycles. The SMILES string of the molecule is Nc1ccccc1-c1nc2ncccc2o1. The molecule has 0 bridgehead atoms. The molecule has 0 fully saturated rings. The average Bonchev–Trinajstić information content (AvgIpc) is 2.73. The molecule has 4 nitrogen and oxygen atoms in total. The number of fused-ring (bicyclic) bond motifs is 1. The third-order valence-electron chi connectivity index (χ3n) is 2.36. The second-order valence-corrected chi connectivity index (χ2v) is 3.43. The highest BCUT2D eigenvalue weighted by Gasteiger charge is 2.10. The van der Waals surface area contributed by atoms with Gasteiger partial charge in [-0.1, -0.05) is 12.1 Å². The molecule has 1 aromatic carbocycles. The summed E-state index contributed by atoms with van der Waals surface area (Å²) >= 11 is 0. The van der Waals surface area contributed by atoms with Crippen molar-refractivity contribution in [1.29, 1.82) is 0 Å². The highest BCUT2D eigenvalue weighted by molar-refractivity contribution is 5.76. The van der Waals surface area contributed by atoms with Crippen molar-refractivity contribution in [2.24, 2.45) is 0 Å². The van der Waals surface area contributed by atoms with Crippen LogP contribution < -0.4 is 5.73 Å². The number of nitrogens with zero attached hydrogens (tertiary/aromatic N) is 2. The summed E-state index contributed by atoms with van der Waals surface area (Å²) in [5.41, 5.74) is 8.56. The highest BCUT2D eigenvalue weighted by atomic mass is 16.3. The van der Waals surface area contributed by atoms with E-state index in [1.54, 1.807) is 6.20 Å². The van der Waals surface area contributed by atoms with Crippen molar-refractivity contribution >= 4 is 16.9 Å². The Hall–Kier alpha value is -2.36. The van der Waals surface area contributed by atoms with Gasteiger partial charge in [0.1, 0.15) is 0 Å². The van der Waals surface area contributed by atoms with Crippen molar-refractivity contribution in [1.82, 2.24) is 9.97 Å². The van der Waals surface area contributed by atoms with Crippen molar-refractivity contribution in [2.75, 3.05) is 5.73 Å². The zero-order valence-corrected chi connectivity index (χ0v) is 8.42. The number of anilines is 1. The molecule has 0 aliphatic heterocycles. The van der Waals surface area contributed by atoms with E-state index in [1.807, 2.05) is 36.4 Å². The van der Waals surface area contributed by atoms with Crippen molar-refractivity contribution < 1.29 is 4.42 Å². The van der Waals surface area contributed by atoms with E-state index < -0.39 is 0 Å². The first-order chi connectivity index (χ1) is 7.84. The number of aromatic nitrogens is 2. The first kappa shape index (κ1) is 8.91. The minimum absolute atomic E-state index is 0.506. The minimum atomic E-state index is 0.506. The minimum Gasteiger partial charge on any atom is -0.434 e. The lowest BCUT2D eigenvalue weighted by atomic mass is 10.2. The van der Waals surface area contributed by atoms with Crippen LogP contribution in [0.5, 0.6) is 0 Å². The number of pyridine rings is 1. The van der Waals surface area contributed by atoms with Gasteiger partial charge in [-0.15, -0.1) is 0 Å². The quantitative estimate of drug-likeness (QED) is 0.628. The molecule has 16 heavy (non-hydrogen) atoms. The Balaban J connectivity index is 2.23. The van der Waals surface area contributed by atoms with E-state index in [4.69, 9.17) is 10.2 Å². The van der Waals surface area contributed by atoms with Crippen molar-refractivity contribution in [3.8, 4) is 11.5 Å². The lowest BCUT2D eigenvalue weighted by Gasteiger charge is -1.98. The Labute approximate surface area is 91.7 Å². The zero-order valence-electron chi connectivity index (χ0n) is 8.42. The second-order valence-electron chi connectivity index (χ2n) is 3.43. The molecule has 0 aliphatic carbocycles. The van der Waals surface area contributed by atoms with Crippen LogP contribution in [-0.4, -0.2) is 9.97 Å². The predicted octanol–water partition coefficient (Wildman–Crippen LogP) is 2.47. The van der Waals surface area contributed by atoms with Crippen LogP contribution in [0.1, 0.15) is 0 Å². The summed E-state index contributed by atoms with van der Waals surface area (Å²) in [7, 11) is 0. The molecule has 4 heteroatoms. The van der Waals surface area contributed by atoms with Gasteiger partial charge >= 0.3 is 0 Å². The van der Waals surface area contributed by atoms with Crippen LogP contribution in [0, 0.1) is 0 Å². The first-order valence-corrected chi connectivity index (χ1v) is 4.91. The molecule has 0 unspecified atom stereocenters. The number of benzene rings is 1. The van der Waals surface area contributed by atoms with Gasteiger partial charge in [0.25, 0.3) is 0 Å². The van der Waals surface area contributed by atoms with Gasteiger partial charge in [0, 0.05) is 11.9 Å². The van der Waals surface area contributed by atoms with Gasteiger partial charge in [0.05, 0.1) is 5.56 Å². The number of rotatable bonds is 1. The molecule has 0 amide bonds. The number of hydrogen-bond donors (Lipinski definition) is 1. The number of hydrogen-bond acceptors (Lipinski definition) is 4. The number of nitrogens with two attached hydrogens (primary N) is 1. The first-order valence-electron chi connectivity index (χ1n) is 4.91. The molecule has 0 saturated carbocycles. The number of para-hydroxylation sites is 1. The van der Waals surface area contributed by atoms with E-state index in [1.165, 1.54) is 0 Å². The maximum atomic E-state index is 5.85. The fraction of sp³-hybridized carbons (Fsp3) is 0. The fourth-order valence-corrected chi connectivity index (χ4v) is 1.58. The standard InChI is InChI=1S/C12H9N3O/c13-9-5-2-1-4-8(9)12-15-11-10(16-12)6-3-7-14-11/h1-7H,13H2. The maximum Gasteiger partial charge on any atom is 0.230 e. The Morgan fingerprint density at radius 1 is 1.06 bits per heavy atom. The lowest BCUT2D eigenvalue weighted by Crippen LogP contribution is -1.88. The second kappa shape index (κ2) is 3.34. The predicted molar refractivity (Wildman–Crippen MR) is 61.7 cm³/mol. The van der Waals surface area contributed by atoms with Crippen molar-refractivity contribution in [3.63, 3.8) is 0 Å². The van der Waals surface area contributed by atoms with Crippen LogP contribution in [0.2, 0.25) is 0 Å². The molecule has 0 aliphatic rings. The molecule has 0 saturated heterocycles. The van der Waals surface area contributed by atoms with Gasteiger partial charge in [-0.25, -0.2) is 4.98 Å². The molecule has 0 radical (unpaired) electrons. The van der Waals surface area contributed by atoms with Gasteiger partial charge < -0.3 is 10.2 Å². The van der Waals surface area contributed by atoms with E-state index in [0.717, 1.165) is 5.56 Å². The molecule has 2 N–H and O–H groups in total. The monoisotopic (exact) mass is 211 g/mol. The number of nitrogen functional groups attached to an aromatic ring is 1. The van der Waals surface area contributed by atoms with Crippen LogP contribution >= 0.6 is 0 Å². The Morgan fingerprint density at radius 2 is 1.94 bits per heavy atom. The third kappa shape index (κ3) is 1.32. The van der Waals surface area contributed by atoms with Crippen LogP contribution in [0.3, 0.4) is 0 Å². The Kier molecular flexibility index (Phi) is 1.86. The maximum absolute atomic E-state index is 5.85. The number of oxazole rings is 1. The van der Waals surface area contributed by atoms with E-state index in [9.17, 15) is 0 Å². The normalized spacial score (nSPS) is 10.8. The average molecular weight is 211 g/mol. The summed E-state index contributed by atoms with van der Waals surface area (Å²) in [5, 5.41) is 0. The summed E-state index contributed by atoms with van der Waals surface area (Å²) in [4.78, 5) is 8.40. The smallest absolute Gasteiger partial charge is 0.230 e. The van der Waals surface area contributed by atoms with Gasteiger partial charge in [-0.2, -0.15) is 4.98 Å². The van der Waals surface area contributed by atoms with Gasteiger partial charge in [0.2, 0.25) is 5.89 Å². The zero-order chi connectivity index (χ0) is 11.0. The van der Waals surface area contributed by atoms with E-state index in [0.29, 0.717) is 22.8 Å². The molecule has 3 aromatic rings. The summed E-state index contributed by atoms with van der Waals surface area (Å²) in [6.07, 6.45) is 1.68. The summed E-state index contributed by atoms with van der Waals surface area (Å²) in [5.74, 6) is 0.506. The third-order valence-corrected chi connectivity index (χ3v) is 2.36. The van der Waals surface area contributed by atoms with E-state index in [-0.39, 0.29) is 0 Å². The summed E-state index contributed by atoms with van der Waals surface area (Å²) in [6, 6.07) is 11.1. The molecule has 3 rings (SSSR count). The largest absolute Gasteiger partial charge is 0.434 e. The Bertz CT molecular complexity index is 612. The van der Waals surface area contributed by atoms with Gasteiger partial charge in [0.15, 0.2) is 11.2 Å². The molecule has 78 valence electrons. The van der Waals surface area contributed by atoms with Gasteiger partial charge in [-0.3, -0.25) is 0 Å². The topological polar surface area (TPSA) is 64.9 Å². The molecule has 2 aromatic heterocycles. The molecule has 0 atom stereocenters. The highest BCUT2D eigenvalue weighted by Crippen LogP contribution is 2.27. The van der Waals surface area contributed by atoms with Gasteiger partial charge in [-0.05, 0) is 24.3 Å².